The molecule has 1 aromatic rings. The number of halogens is 1. The molecule has 0 radical (unpaired) electrons. The first-order valence-electron chi connectivity index (χ1n) is 6.87. The second-order valence-corrected chi connectivity index (χ2v) is 5.76. The van der Waals surface area contributed by atoms with Crippen LogP contribution in [0.5, 0.6) is 0 Å². The maximum atomic E-state index is 5.85. The normalized spacial score (nSPS) is 25.4. The Morgan fingerprint density at radius 1 is 1.45 bits per heavy atom. The lowest BCUT2D eigenvalue weighted by atomic mass is 10.2. The van der Waals surface area contributed by atoms with E-state index in [1.807, 2.05) is 0 Å². The molecule has 112 valence electrons. The summed E-state index contributed by atoms with van der Waals surface area (Å²) in [6.45, 7) is 9.05. The van der Waals surface area contributed by atoms with E-state index in [4.69, 9.17) is 22.1 Å². The van der Waals surface area contributed by atoms with E-state index in [0.29, 0.717) is 17.0 Å². The molecular formula is C13H22ClN5O. The van der Waals surface area contributed by atoms with Crippen LogP contribution in [-0.2, 0) is 4.74 Å². The third-order valence-corrected chi connectivity index (χ3v) is 3.56. The minimum Gasteiger partial charge on any atom is -0.373 e. The van der Waals surface area contributed by atoms with Crippen LogP contribution in [-0.4, -0.2) is 52.8 Å². The molecule has 0 spiro atoms. The van der Waals surface area contributed by atoms with Crippen molar-refractivity contribution in [3.8, 4) is 0 Å². The molecule has 0 amide bonds. The highest BCUT2D eigenvalue weighted by Gasteiger charge is 2.25. The van der Waals surface area contributed by atoms with Crippen LogP contribution in [0.3, 0.4) is 0 Å². The summed E-state index contributed by atoms with van der Waals surface area (Å²) in [5.41, 5.74) is 5.57. The molecule has 1 fully saturated rings. The van der Waals surface area contributed by atoms with Crippen LogP contribution in [0.1, 0.15) is 20.8 Å². The van der Waals surface area contributed by atoms with Crippen LogP contribution in [0.25, 0.3) is 0 Å². The number of rotatable bonds is 4. The molecule has 6 nitrogen and oxygen atoms in total. The SMILES string of the molecule is C[C@@H]1CN([C@@H](C)CNc2cc(Cl)nc(N)n2)C[C@H](C)O1. The fourth-order valence-electron chi connectivity index (χ4n) is 2.48. The van der Waals surface area contributed by atoms with Crippen LogP contribution in [0, 0.1) is 0 Å². The van der Waals surface area contributed by atoms with Crippen molar-refractivity contribution >= 4 is 23.4 Å². The Balaban J connectivity index is 1.89. The van der Waals surface area contributed by atoms with Gasteiger partial charge in [-0.25, -0.2) is 4.98 Å². The summed E-state index contributed by atoms with van der Waals surface area (Å²) in [6.07, 6.45) is 0.538. The molecule has 0 bridgehead atoms. The maximum Gasteiger partial charge on any atom is 0.223 e. The van der Waals surface area contributed by atoms with Gasteiger partial charge in [-0.05, 0) is 20.8 Å². The summed E-state index contributed by atoms with van der Waals surface area (Å²) in [5, 5.41) is 3.60. The topological polar surface area (TPSA) is 76.3 Å². The highest BCUT2D eigenvalue weighted by Crippen LogP contribution is 2.15. The summed E-state index contributed by atoms with van der Waals surface area (Å²) in [6, 6.07) is 2.05. The van der Waals surface area contributed by atoms with E-state index in [1.54, 1.807) is 6.07 Å². The van der Waals surface area contributed by atoms with Crippen molar-refractivity contribution in [2.45, 2.75) is 39.0 Å². The first-order valence-corrected chi connectivity index (χ1v) is 7.25. The molecule has 0 saturated carbocycles. The minimum absolute atomic E-state index is 0.182. The number of morpholine rings is 1. The standard InChI is InChI=1S/C13H22ClN5O/c1-8(19-6-9(2)20-10(3)7-19)5-16-12-4-11(14)17-13(15)18-12/h4,8-10H,5-7H2,1-3H3,(H3,15,16,17,18)/t8-,9-,10+/m0/s1. The van der Waals surface area contributed by atoms with Crippen molar-refractivity contribution in [3.63, 3.8) is 0 Å². The molecule has 1 saturated heterocycles. The van der Waals surface area contributed by atoms with E-state index < -0.39 is 0 Å². The van der Waals surface area contributed by atoms with Crippen LogP contribution < -0.4 is 11.1 Å². The molecule has 1 aromatic heterocycles. The lowest BCUT2D eigenvalue weighted by molar-refractivity contribution is -0.0769. The van der Waals surface area contributed by atoms with Gasteiger partial charge in [0.2, 0.25) is 5.95 Å². The van der Waals surface area contributed by atoms with Crippen molar-refractivity contribution in [3.05, 3.63) is 11.2 Å². The summed E-state index contributed by atoms with van der Waals surface area (Å²) in [5.74, 6) is 0.838. The fraction of sp³-hybridized carbons (Fsp3) is 0.692. The lowest BCUT2D eigenvalue weighted by Crippen LogP contribution is -2.51. The monoisotopic (exact) mass is 299 g/mol. The third kappa shape index (κ3) is 4.19. The van der Waals surface area contributed by atoms with E-state index in [1.165, 1.54) is 0 Å². The highest BCUT2D eigenvalue weighted by molar-refractivity contribution is 6.29. The van der Waals surface area contributed by atoms with E-state index in [-0.39, 0.29) is 18.2 Å². The van der Waals surface area contributed by atoms with Crippen molar-refractivity contribution in [2.75, 3.05) is 30.7 Å². The number of nitrogens with one attached hydrogen (secondary N) is 1. The van der Waals surface area contributed by atoms with Crippen LogP contribution in [0.15, 0.2) is 6.07 Å². The van der Waals surface area contributed by atoms with Crippen molar-refractivity contribution in [1.29, 1.82) is 0 Å². The van der Waals surface area contributed by atoms with Crippen molar-refractivity contribution in [1.82, 2.24) is 14.9 Å². The Kier molecular flexibility index (Phi) is 5.01. The molecular weight excluding hydrogens is 278 g/mol. The summed E-state index contributed by atoms with van der Waals surface area (Å²) in [4.78, 5) is 10.4. The molecule has 20 heavy (non-hydrogen) atoms. The Hall–Kier alpha value is -1.11. The van der Waals surface area contributed by atoms with Gasteiger partial charge in [-0.15, -0.1) is 0 Å². The van der Waals surface area contributed by atoms with Gasteiger partial charge in [-0.1, -0.05) is 11.6 Å². The van der Waals surface area contributed by atoms with Gasteiger partial charge in [-0.2, -0.15) is 4.98 Å². The molecule has 2 heterocycles. The quantitative estimate of drug-likeness (QED) is 0.823. The molecule has 7 heteroatoms. The highest BCUT2D eigenvalue weighted by atomic mass is 35.5. The lowest BCUT2D eigenvalue weighted by Gasteiger charge is -2.39. The molecule has 0 unspecified atom stereocenters. The maximum absolute atomic E-state index is 5.85. The zero-order valence-electron chi connectivity index (χ0n) is 12.1. The fourth-order valence-corrected chi connectivity index (χ4v) is 2.67. The largest absolute Gasteiger partial charge is 0.373 e. The number of hydrogen-bond acceptors (Lipinski definition) is 6. The number of nitrogens with two attached hydrogens (primary N) is 1. The second-order valence-electron chi connectivity index (χ2n) is 5.38. The second kappa shape index (κ2) is 6.56. The summed E-state index contributed by atoms with van der Waals surface area (Å²) >= 11 is 5.85. The number of anilines is 2. The van der Waals surface area contributed by atoms with Crippen LogP contribution in [0.4, 0.5) is 11.8 Å². The predicted octanol–water partition coefficient (Wildman–Crippen LogP) is 1.62. The number of nitrogen functional groups attached to an aromatic ring is 1. The predicted molar refractivity (Wildman–Crippen MR) is 81.0 cm³/mol. The van der Waals surface area contributed by atoms with Gasteiger partial charge >= 0.3 is 0 Å². The smallest absolute Gasteiger partial charge is 0.223 e. The summed E-state index contributed by atoms with van der Waals surface area (Å²) in [7, 11) is 0. The van der Waals surface area contributed by atoms with E-state index in [2.05, 4.69) is 41.0 Å². The van der Waals surface area contributed by atoms with Gasteiger partial charge in [0.1, 0.15) is 11.0 Å². The Labute approximate surface area is 124 Å². The zero-order valence-corrected chi connectivity index (χ0v) is 12.9. The zero-order chi connectivity index (χ0) is 14.7. The number of hydrogen-bond donors (Lipinski definition) is 2. The molecule has 1 aliphatic heterocycles. The van der Waals surface area contributed by atoms with Gasteiger partial charge < -0.3 is 15.8 Å². The Morgan fingerprint density at radius 2 is 2.10 bits per heavy atom. The van der Waals surface area contributed by atoms with E-state index >= 15 is 0 Å². The van der Waals surface area contributed by atoms with Gasteiger partial charge in [-0.3, -0.25) is 4.90 Å². The van der Waals surface area contributed by atoms with Gasteiger partial charge in [0.05, 0.1) is 12.2 Å². The van der Waals surface area contributed by atoms with Gasteiger partial charge in [0, 0.05) is 31.7 Å². The molecule has 0 aliphatic carbocycles. The third-order valence-electron chi connectivity index (χ3n) is 3.36. The van der Waals surface area contributed by atoms with Gasteiger partial charge in [0.15, 0.2) is 0 Å². The van der Waals surface area contributed by atoms with E-state index in [9.17, 15) is 0 Å². The molecule has 3 N–H and O–H groups in total. The Morgan fingerprint density at radius 3 is 2.70 bits per heavy atom. The average molecular weight is 300 g/mol. The van der Waals surface area contributed by atoms with Crippen LogP contribution in [0.2, 0.25) is 5.15 Å². The molecule has 2 rings (SSSR count). The minimum atomic E-state index is 0.182. The first-order chi connectivity index (χ1) is 9.44. The summed E-state index contributed by atoms with van der Waals surface area (Å²) < 4.78 is 5.74. The molecule has 3 atom stereocenters. The van der Waals surface area contributed by atoms with Gasteiger partial charge in [0.25, 0.3) is 0 Å². The molecule has 1 aliphatic rings. The Bertz CT molecular complexity index is 428. The number of aromatic nitrogens is 2. The average Bonchev–Trinajstić information content (AvgIpc) is 2.33. The number of nitrogens with zero attached hydrogens (tertiary/aromatic N) is 3. The van der Waals surface area contributed by atoms with Crippen molar-refractivity contribution < 1.29 is 4.74 Å². The van der Waals surface area contributed by atoms with E-state index in [0.717, 1.165) is 19.6 Å². The van der Waals surface area contributed by atoms with Crippen LogP contribution >= 0.6 is 11.6 Å². The van der Waals surface area contributed by atoms with Crippen molar-refractivity contribution in [2.24, 2.45) is 0 Å². The molecule has 0 aromatic carbocycles. The first kappa shape index (κ1) is 15.3. The number of ether oxygens (including phenoxy) is 1.